The fraction of sp³-hybridized carbons (Fsp3) is 0.429. The van der Waals surface area contributed by atoms with Gasteiger partial charge in [-0.05, 0) is 43.7 Å². The van der Waals surface area contributed by atoms with E-state index in [1.807, 2.05) is 36.1 Å². The molecule has 2 fully saturated rings. The summed E-state index contributed by atoms with van der Waals surface area (Å²) in [5.74, 6) is 1.22. The summed E-state index contributed by atoms with van der Waals surface area (Å²) in [4.78, 5) is 20.6. The van der Waals surface area contributed by atoms with Crippen molar-refractivity contribution in [3.05, 3.63) is 33.7 Å². The summed E-state index contributed by atoms with van der Waals surface area (Å²) in [7, 11) is 3.20. The molecule has 1 aromatic carbocycles. The van der Waals surface area contributed by atoms with Crippen molar-refractivity contribution < 1.29 is 14.3 Å². The SMILES string of the molecule is COc1cccc(/C=C2\S/C(=N/c3nnc(C)s3)N(C3CCCCC3)C2=O)c1OC. The van der Waals surface area contributed by atoms with E-state index in [4.69, 9.17) is 9.47 Å². The standard InChI is InChI=1S/C21H24N4O3S2/c1-13-23-24-20(29-13)22-21-25(15-9-5-4-6-10-15)19(26)17(30-21)12-14-8-7-11-16(27-2)18(14)28-3/h7-8,11-12,15H,4-6,9-10H2,1-3H3/b17-12-,22-21+. The van der Waals surface area contributed by atoms with Crippen LogP contribution in [0.25, 0.3) is 6.08 Å². The van der Waals surface area contributed by atoms with Gasteiger partial charge in [-0.3, -0.25) is 9.69 Å². The predicted molar refractivity (Wildman–Crippen MR) is 121 cm³/mol. The minimum absolute atomic E-state index is 0.0169. The summed E-state index contributed by atoms with van der Waals surface area (Å²) in [5, 5.41) is 10.3. The second-order valence-corrected chi connectivity index (χ2v) is 9.33. The Morgan fingerprint density at radius 2 is 1.97 bits per heavy atom. The van der Waals surface area contributed by atoms with E-state index >= 15 is 0 Å². The molecule has 1 aliphatic carbocycles. The van der Waals surface area contributed by atoms with Gasteiger partial charge < -0.3 is 9.47 Å². The van der Waals surface area contributed by atoms with Gasteiger partial charge in [0.1, 0.15) is 5.01 Å². The third-order valence-corrected chi connectivity index (χ3v) is 6.92. The van der Waals surface area contributed by atoms with Crippen LogP contribution in [0.2, 0.25) is 0 Å². The monoisotopic (exact) mass is 444 g/mol. The van der Waals surface area contributed by atoms with Gasteiger partial charge in [-0.1, -0.05) is 42.7 Å². The van der Waals surface area contributed by atoms with Crippen LogP contribution in [0.5, 0.6) is 11.5 Å². The summed E-state index contributed by atoms with van der Waals surface area (Å²) >= 11 is 2.81. The summed E-state index contributed by atoms with van der Waals surface area (Å²) in [6.45, 7) is 1.90. The van der Waals surface area contributed by atoms with E-state index in [1.165, 1.54) is 29.5 Å². The van der Waals surface area contributed by atoms with E-state index in [-0.39, 0.29) is 11.9 Å². The van der Waals surface area contributed by atoms with Crippen molar-refractivity contribution in [2.24, 2.45) is 4.99 Å². The van der Waals surface area contributed by atoms with Crippen molar-refractivity contribution in [2.45, 2.75) is 45.1 Å². The number of nitrogens with zero attached hydrogens (tertiary/aromatic N) is 4. The molecule has 30 heavy (non-hydrogen) atoms. The van der Waals surface area contributed by atoms with Gasteiger partial charge >= 0.3 is 0 Å². The number of aromatic nitrogens is 2. The third kappa shape index (κ3) is 4.22. The number of aliphatic imine (C=N–C) groups is 1. The van der Waals surface area contributed by atoms with Gasteiger partial charge in [0.15, 0.2) is 16.7 Å². The number of hydrogen-bond acceptors (Lipinski definition) is 8. The van der Waals surface area contributed by atoms with Gasteiger partial charge in [0.2, 0.25) is 5.13 Å². The van der Waals surface area contributed by atoms with Gasteiger partial charge in [0.25, 0.3) is 5.91 Å². The molecule has 158 valence electrons. The lowest BCUT2D eigenvalue weighted by Gasteiger charge is -2.30. The summed E-state index contributed by atoms with van der Waals surface area (Å²) < 4.78 is 10.9. The topological polar surface area (TPSA) is 76.9 Å². The molecule has 1 saturated carbocycles. The molecule has 1 aliphatic heterocycles. The van der Waals surface area contributed by atoms with Crippen molar-refractivity contribution in [2.75, 3.05) is 14.2 Å². The highest BCUT2D eigenvalue weighted by Crippen LogP contribution is 2.40. The first kappa shape index (κ1) is 20.9. The number of benzene rings is 1. The molecule has 0 unspecified atom stereocenters. The lowest BCUT2D eigenvalue weighted by molar-refractivity contribution is -0.124. The molecule has 4 rings (SSSR count). The number of aryl methyl sites for hydroxylation is 1. The Balaban J connectivity index is 1.73. The Hall–Kier alpha value is -2.39. The smallest absolute Gasteiger partial charge is 0.267 e. The van der Waals surface area contributed by atoms with Crippen LogP contribution < -0.4 is 9.47 Å². The van der Waals surface area contributed by atoms with Crippen LogP contribution in [-0.4, -0.2) is 46.4 Å². The Morgan fingerprint density at radius 1 is 1.17 bits per heavy atom. The maximum atomic E-state index is 13.4. The number of thioether (sulfide) groups is 1. The van der Waals surface area contributed by atoms with Crippen LogP contribution in [0, 0.1) is 6.92 Å². The van der Waals surface area contributed by atoms with E-state index < -0.39 is 0 Å². The largest absolute Gasteiger partial charge is 0.493 e. The molecular formula is C21H24N4O3S2. The quantitative estimate of drug-likeness (QED) is 0.617. The van der Waals surface area contributed by atoms with E-state index in [0.717, 1.165) is 36.3 Å². The number of methoxy groups -OCH3 is 2. The second kappa shape index (κ2) is 9.18. The number of amidine groups is 1. The third-order valence-electron chi connectivity index (χ3n) is 5.20. The molecule has 0 spiro atoms. The van der Waals surface area contributed by atoms with Crippen molar-refractivity contribution in [1.82, 2.24) is 15.1 Å². The van der Waals surface area contributed by atoms with Gasteiger partial charge in [-0.2, -0.15) is 4.99 Å². The first-order valence-electron chi connectivity index (χ1n) is 9.93. The lowest BCUT2D eigenvalue weighted by Crippen LogP contribution is -2.40. The molecule has 2 heterocycles. The first-order valence-corrected chi connectivity index (χ1v) is 11.6. The molecule has 9 heteroatoms. The number of ether oxygens (including phenoxy) is 2. The average Bonchev–Trinajstić information content (AvgIpc) is 3.31. The van der Waals surface area contributed by atoms with Crippen LogP contribution in [0.1, 0.15) is 42.7 Å². The Kier molecular flexibility index (Phi) is 6.38. The highest BCUT2D eigenvalue weighted by molar-refractivity contribution is 8.18. The second-order valence-electron chi connectivity index (χ2n) is 7.16. The molecule has 2 aliphatic rings. The molecule has 0 bridgehead atoms. The fourth-order valence-electron chi connectivity index (χ4n) is 3.81. The maximum Gasteiger partial charge on any atom is 0.267 e. The first-order chi connectivity index (χ1) is 14.6. The average molecular weight is 445 g/mol. The van der Waals surface area contributed by atoms with E-state index in [9.17, 15) is 4.79 Å². The minimum atomic E-state index is -0.0169. The minimum Gasteiger partial charge on any atom is -0.493 e. The Bertz CT molecular complexity index is 996. The molecule has 1 aromatic heterocycles. The van der Waals surface area contributed by atoms with E-state index in [1.54, 1.807) is 14.2 Å². The molecule has 2 aromatic rings. The molecule has 0 N–H and O–H groups in total. The van der Waals surface area contributed by atoms with Crippen LogP contribution >= 0.6 is 23.1 Å². The Labute approximate surface area is 184 Å². The zero-order valence-corrected chi connectivity index (χ0v) is 18.9. The predicted octanol–water partition coefficient (Wildman–Crippen LogP) is 4.80. The highest BCUT2D eigenvalue weighted by Gasteiger charge is 2.39. The van der Waals surface area contributed by atoms with Crippen LogP contribution in [-0.2, 0) is 4.79 Å². The maximum absolute atomic E-state index is 13.4. The zero-order chi connectivity index (χ0) is 21.1. The normalized spacial score (nSPS) is 20.4. The number of carbonyl (C=O) groups is 1. The summed E-state index contributed by atoms with van der Waals surface area (Å²) in [6, 6.07) is 5.81. The van der Waals surface area contributed by atoms with Crippen molar-refractivity contribution in [3.63, 3.8) is 0 Å². The molecule has 0 radical (unpaired) electrons. The zero-order valence-electron chi connectivity index (χ0n) is 17.3. The summed E-state index contributed by atoms with van der Waals surface area (Å²) in [5.41, 5.74) is 0.796. The van der Waals surface area contributed by atoms with Gasteiger partial charge in [-0.25, -0.2) is 0 Å². The number of para-hydroxylation sites is 1. The lowest BCUT2D eigenvalue weighted by atomic mass is 9.94. The Morgan fingerprint density at radius 3 is 2.63 bits per heavy atom. The number of rotatable bonds is 5. The van der Waals surface area contributed by atoms with E-state index in [2.05, 4.69) is 15.2 Å². The number of carbonyl (C=O) groups excluding carboxylic acids is 1. The molecule has 0 atom stereocenters. The van der Waals surface area contributed by atoms with Crippen molar-refractivity contribution >= 4 is 45.4 Å². The van der Waals surface area contributed by atoms with Gasteiger partial charge in [0.05, 0.1) is 19.1 Å². The molecular weight excluding hydrogens is 420 g/mol. The van der Waals surface area contributed by atoms with Gasteiger partial charge in [-0.15, -0.1) is 10.2 Å². The number of amides is 1. The molecule has 1 amide bonds. The highest BCUT2D eigenvalue weighted by atomic mass is 32.2. The summed E-state index contributed by atoms with van der Waals surface area (Å²) in [6.07, 6.45) is 7.34. The van der Waals surface area contributed by atoms with Crippen molar-refractivity contribution in [1.29, 1.82) is 0 Å². The van der Waals surface area contributed by atoms with Crippen LogP contribution in [0.4, 0.5) is 5.13 Å². The van der Waals surface area contributed by atoms with Crippen LogP contribution in [0.15, 0.2) is 28.1 Å². The van der Waals surface area contributed by atoms with E-state index in [0.29, 0.717) is 26.7 Å². The fourth-order valence-corrected chi connectivity index (χ4v) is 5.45. The number of hydrogen-bond donors (Lipinski definition) is 0. The van der Waals surface area contributed by atoms with Gasteiger partial charge in [0, 0.05) is 11.6 Å². The molecule has 1 saturated heterocycles. The van der Waals surface area contributed by atoms with Crippen LogP contribution in [0.3, 0.4) is 0 Å². The molecule has 7 nitrogen and oxygen atoms in total. The van der Waals surface area contributed by atoms with Crippen molar-refractivity contribution in [3.8, 4) is 11.5 Å².